The molecule has 4 amide bonds. The lowest BCUT2D eigenvalue weighted by Gasteiger charge is -2.34. The lowest BCUT2D eigenvalue weighted by Crippen LogP contribution is -2.59. The zero-order chi connectivity index (χ0) is 28.2. The Labute approximate surface area is 215 Å². The minimum Gasteiger partial charge on any atom is -0.368 e. The number of hydrogen-bond donors (Lipinski definition) is 3. The van der Waals surface area contributed by atoms with Gasteiger partial charge in [-0.15, -0.1) is 0 Å². The fraction of sp³-hybridized carbons (Fsp3) is 0.542. The Hall–Kier alpha value is -3.84. The average molecular weight is 536 g/mol. The molecule has 2 unspecified atom stereocenters. The minimum atomic E-state index is -5.18. The molecule has 14 heteroatoms. The molecule has 1 saturated heterocycles. The predicted molar refractivity (Wildman–Crippen MR) is 126 cm³/mol. The number of hydrogen-bond acceptors (Lipinski definition) is 7. The number of aromatic nitrogens is 3. The number of primary amides is 1. The highest BCUT2D eigenvalue weighted by Crippen LogP contribution is 2.65. The largest absolute Gasteiger partial charge is 0.471 e. The number of alkyl halides is 3. The van der Waals surface area contributed by atoms with Crippen molar-refractivity contribution in [2.75, 3.05) is 6.54 Å². The van der Waals surface area contributed by atoms with Crippen molar-refractivity contribution in [1.29, 1.82) is 0 Å². The molecule has 1 aliphatic heterocycles. The first-order valence-electron chi connectivity index (χ1n) is 12.0. The van der Waals surface area contributed by atoms with E-state index in [0.29, 0.717) is 10.8 Å². The Bertz CT molecular complexity index is 1290. The van der Waals surface area contributed by atoms with Crippen molar-refractivity contribution < 1.29 is 32.3 Å². The van der Waals surface area contributed by atoms with Crippen molar-refractivity contribution in [3.63, 3.8) is 0 Å². The summed E-state index contributed by atoms with van der Waals surface area (Å²) in [6.07, 6.45) is -0.766. The number of fused-ring (bicyclic) bond motifs is 2. The van der Waals surface area contributed by atoms with Gasteiger partial charge in [-0.1, -0.05) is 27.7 Å². The van der Waals surface area contributed by atoms with Gasteiger partial charge in [0.2, 0.25) is 17.7 Å². The van der Waals surface area contributed by atoms with Gasteiger partial charge < -0.3 is 21.3 Å². The molecule has 3 heterocycles. The molecule has 0 bridgehead atoms. The summed E-state index contributed by atoms with van der Waals surface area (Å²) in [6, 6.07) is -2.42. The third kappa shape index (κ3) is 4.74. The number of nitrogens with zero attached hydrogens (tertiary/aromatic N) is 4. The van der Waals surface area contributed by atoms with E-state index >= 15 is 0 Å². The third-order valence-corrected chi connectivity index (χ3v) is 7.57. The average Bonchev–Trinajstić information content (AvgIpc) is 3.16. The summed E-state index contributed by atoms with van der Waals surface area (Å²) in [5.41, 5.74) is 5.38. The van der Waals surface area contributed by atoms with E-state index in [9.17, 15) is 32.3 Å². The van der Waals surface area contributed by atoms with Crippen LogP contribution in [-0.4, -0.2) is 68.5 Å². The van der Waals surface area contributed by atoms with E-state index in [1.807, 2.05) is 13.8 Å². The highest BCUT2D eigenvalue weighted by atomic mass is 19.4. The van der Waals surface area contributed by atoms with Gasteiger partial charge in [0.1, 0.15) is 17.8 Å². The maximum absolute atomic E-state index is 13.6. The fourth-order valence-electron chi connectivity index (χ4n) is 5.39. The van der Waals surface area contributed by atoms with Crippen molar-refractivity contribution in [2.24, 2.45) is 28.9 Å². The topological polar surface area (TPSA) is 160 Å². The fourth-order valence-corrected chi connectivity index (χ4v) is 5.39. The normalized spacial score (nSPS) is 23.5. The number of carbonyl (C=O) groups excluding carboxylic acids is 4. The van der Waals surface area contributed by atoms with E-state index in [1.54, 1.807) is 11.4 Å². The lowest BCUT2D eigenvalue weighted by molar-refractivity contribution is -0.175. The second kappa shape index (κ2) is 9.48. The molecule has 1 saturated carbocycles. The summed E-state index contributed by atoms with van der Waals surface area (Å²) in [5.74, 6) is -5.78. The summed E-state index contributed by atoms with van der Waals surface area (Å²) in [6.45, 7) is 6.94. The SMILES string of the molecule is CC(C)C(NC(=O)C(F)(F)F)C(=O)N1C[C@H]2[C@@H]([C@H]1C(=O)NC(C(N)=O)c1nncc3cnccc13)C2(C)C. The van der Waals surface area contributed by atoms with E-state index in [1.165, 1.54) is 37.3 Å². The molecule has 2 aromatic rings. The number of carbonyl (C=O) groups is 4. The molecule has 204 valence electrons. The second-order valence-electron chi connectivity index (χ2n) is 10.6. The molecule has 5 atom stereocenters. The third-order valence-electron chi connectivity index (χ3n) is 7.57. The van der Waals surface area contributed by atoms with Crippen LogP contribution >= 0.6 is 0 Å². The van der Waals surface area contributed by atoms with Crippen molar-refractivity contribution in [3.8, 4) is 0 Å². The van der Waals surface area contributed by atoms with Gasteiger partial charge in [-0.2, -0.15) is 23.4 Å². The van der Waals surface area contributed by atoms with Crippen molar-refractivity contribution in [1.82, 2.24) is 30.7 Å². The maximum atomic E-state index is 13.6. The van der Waals surface area contributed by atoms with E-state index in [-0.39, 0.29) is 29.5 Å². The molecule has 1 aliphatic carbocycles. The predicted octanol–water partition coefficient (Wildman–Crippen LogP) is 0.854. The van der Waals surface area contributed by atoms with Gasteiger partial charge in [-0.25, -0.2) is 0 Å². The minimum absolute atomic E-state index is 0.0886. The molecule has 0 radical (unpaired) electrons. The van der Waals surface area contributed by atoms with Crippen molar-refractivity contribution in [3.05, 3.63) is 30.4 Å². The van der Waals surface area contributed by atoms with E-state index in [4.69, 9.17) is 5.73 Å². The molecule has 0 spiro atoms. The van der Waals surface area contributed by atoms with Crippen molar-refractivity contribution >= 4 is 34.4 Å². The summed E-state index contributed by atoms with van der Waals surface area (Å²) in [5, 5.41) is 13.2. The van der Waals surface area contributed by atoms with Gasteiger partial charge in [0.25, 0.3) is 0 Å². The van der Waals surface area contributed by atoms with Crippen LogP contribution in [0.2, 0.25) is 0 Å². The lowest BCUT2D eigenvalue weighted by atomic mass is 9.97. The number of amides is 4. The second-order valence-corrected chi connectivity index (χ2v) is 10.6. The van der Waals surface area contributed by atoms with Gasteiger partial charge in [-0.05, 0) is 29.2 Å². The maximum Gasteiger partial charge on any atom is 0.471 e. The van der Waals surface area contributed by atoms with Crippen LogP contribution in [0.5, 0.6) is 0 Å². The first-order valence-corrected chi connectivity index (χ1v) is 12.0. The molecule has 11 nitrogen and oxygen atoms in total. The Morgan fingerprint density at radius 1 is 1.16 bits per heavy atom. The Morgan fingerprint density at radius 2 is 1.84 bits per heavy atom. The number of likely N-dealkylation sites (tertiary alicyclic amines) is 1. The Balaban J connectivity index is 1.63. The zero-order valence-electron chi connectivity index (χ0n) is 21.1. The molecule has 4 rings (SSSR count). The molecule has 2 fully saturated rings. The molecule has 4 N–H and O–H groups in total. The van der Waals surface area contributed by atoms with Gasteiger partial charge in [-0.3, -0.25) is 24.2 Å². The number of nitrogens with one attached hydrogen (secondary N) is 2. The highest BCUT2D eigenvalue weighted by molar-refractivity contribution is 5.97. The van der Waals surface area contributed by atoms with Crippen LogP contribution in [0.1, 0.15) is 39.4 Å². The van der Waals surface area contributed by atoms with Crippen LogP contribution in [0.15, 0.2) is 24.7 Å². The quantitative estimate of drug-likeness (QED) is 0.474. The van der Waals surface area contributed by atoms with Crippen LogP contribution in [-0.2, 0) is 19.2 Å². The zero-order valence-corrected chi connectivity index (χ0v) is 21.1. The van der Waals surface area contributed by atoms with E-state index in [0.717, 1.165) is 0 Å². The first kappa shape index (κ1) is 27.2. The Morgan fingerprint density at radius 3 is 2.45 bits per heavy atom. The Kier molecular flexibility index (Phi) is 6.78. The van der Waals surface area contributed by atoms with E-state index in [2.05, 4.69) is 20.5 Å². The molecular weight excluding hydrogens is 507 g/mol. The van der Waals surface area contributed by atoms with Gasteiger partial charge >= 0.3 is 12.1 Å². The monoisotopic (exact) mass is 535 g/mol. The summed E-state index contributed by atoms with van der Waals surface area (Å²) < 4.78 is 38.8. The van der Waals surface area contributed by atoms with Crippen LogP contribution < -0.4 is 16.4 Å². The number of piperidine rings is 1. The number of rotatable bonds is 7. The summed E-state index contributed by atoms with van der Waals surface area (Å²) >= 11 is 0. The smallest absolute Gasteiger partial charge is 0.368 e. The molecule has 38 heavy (non-hydrogen) atoms. The van der Waals surface area contributed by atoms with Crippen LogP contribution in [0.4, 0.5) is 13.2 Å². The molecular formula is C24H28F3N7O4. The van der Waals surface area contributed by atoms with Crippen LogP contribution in [0, 0.1) is 23.2 Å². The molecule has 2 aliphatic rings. The van der Waals surface area contributed by atoms with Crippen molar-refractivity contribution in [2.45, 2.75) is 52.0 Å². The first-order chi connectivity index (χ1) is 17.7. The number of nitrogens with two attached hydrogens (primary N) is 1. The number of halogens is 3. The summed E-state index contributed by atoms with van der Waals surface area (Å²) in [7, 11) is 0. The molecule has 0 aromatic carbocycles. The summed E-state index contributed by atoms with van der Waals surface area (Å²) in [4.78, 5) is 56.3. The van der Waals surface area contributed by atoms with E-state index < -0.39 is 53.8 Å². The highest BCUT2D eigenvalue weighted by Gasteiger charge is 2.69. The van der Waals surface area contributed by atoms with Gasteiger partial charge in [0.15, 0.2) is 6.04 Å². The van der Waals surface area contributed by atoms with Gasteiger partial charge in [0, 0.05) is 29.7 Å². The van der Waals surface area contributed by atoms with Crippen LogP contribution in [0.3, 0.4) is 0 Å². The number of pyridine rings is 1. The van der Waals surface area contributed by atoms with Crippen LogP contribution in [0.25, 0.3) is 10.8 Å². The standard InChI is InChI=1S/C24H28F3N7O4/c1-10(2)15(32-22(38)24(25,26)27)21(37)34-9-13-14(23(13,3)4)18(34)20(36)31-17(19(28)35)16-12-5-6-29-7-11(12)8-30-33-16/h5-8,10,13-15,17-18H,9H2,1-4H3,(H2,28,35)(H,31,36)(H,32,38)/t13-,14-,15?,17?,18-/m0/s1. The molecule has 2 aromatic heterocycles. The van der Waals surface area contributed by atoms with Gasteiger partial charge in [0.05, 0.1) is 6.20 Å².